The molecule has 2 N–H and O–H groups in total. The largest absolute Gasteiger partial charge is 0.497 e. The van der Waals surface area contributed by atoms with Crippen LogP contribution in [-0.2, 0) is 17.8 Å². The standard InChI is InChI=1S/C20H25N3O4/c1-21-20(22-12-14-6-5-7-16(10-14)25-2)23-13-15-8-9-18(26-3)17(11-15)19(24)27-4/h5-11H,12-13H2,1-4H3,(H2,21,22,23). The molecule has 2 rings (SSSR count). The van der Waals surface area contributed by atoms with Gasteiger partial charge in [0.05, 0.1) is 21.3 Å². The topological polar surface area (TPSA) is 81.2 Å². The van der Waals surface area contributed by atoms with Gasteiger partial charge in [0.1, 0.15) is 17.1 Å². The molecule has 27 heavy (non-hydrogen) atoms. The molecule has 0 atom stereocenters. The van der Waals surface area contributed by atoms with Crippen molar-refractivity contribution in [2.24, 2.45) is 4.99 Å². The summed E-state index contributed by atoms with van der Waals surface area (Å²) in [6, 6.07) is 13.2. The predicted octanol–water partition coefficient (Wildman–Crippen LogP) is 2.36. The van der Waals surface area contributed by atoms with Crippen LogP contribution < -0.4 is 20.1 Å². The number of esters is 1. The number of ether oxygens (including phenoxy) is 3. The van der Waals surface area contributed by atoms with Crippen LogP contribution in [0.3, 0.4) is 0 Å². The van der Waals surface area contributed by atoms with E-state index in [0.717, 1.165) is 16.9 Å². The van der Waals surface area contributed by atoms with Crippen LogP contribution in [0, 0.1) is 0 Å². The van der Waals surface area contributed by atoms with E-state index in [4.69, 9.17) is 14.2 Å². The molecular weight excluding hydrogens is 346 g/mol. The van der Waals surface area contributed by atoms with Gasteiger partial charge in [0, 0.05) is 20.1 Å². The minimum Gasteiger partial charge on any atom is -0.497 e. The fourth-order valence-corrected chi connectivity index (χ4v) is 2.51. The molecule has 0 saturated heterocycles. The van der Waals surface area contributed by atoms with E-state index in [9.17, 15) is 4.79 Å². The maximum atomic E-state index is 11.9. The van der Waals surface area contributed by atoms with Crippen LogP contribution in [0.5, 0.6) is 11.5 Å². The Kier molecular flexibility index (Phi) is 7.49. The van der Waals surface area contributed by atoms with Gasteiger partial charge in [-0.3, -0.25) is 4.99 Å². The maximum Gasteiger partial charge on any atom is 0.341 e. The fraction of sp³-hybridized carbons (Fsp3) is 0.300. The molecule has 0 fully saturated rings. The molecule has 0 aromatic heterocycles. The molecule has 0 spiro atoms. The smallest absolute Gasteiger partial charge is 0.341 e. The summed E-state index contributed by atoms with van der Waals surface area (Å²) < 4.78 is 15.2. The van der Waals surface area contributed by atoms with E-state index >= 15 is 0 Å². The van der Waals surface area contributed by atoms with Crippen LogP contribution in [0.15, 0.2) is 47.5 Å². The minimum absolute atomic E-state index is 0.388. The van der Waals surface area contributed by atoms with Crippen molar-refractivity contribution in [2.45, 2.75) is 13.1 Å². The van der Waals surface area contributed by atoms with E-state index in [1.807, 2.05) is 30.3 Å². The van der Waals surface area contributed by atoms with E-state index in [1.165, 1.54) is 14.2 Å². The highest BCUT2D eigenvalue weighted by Gasteiger charge is 2.13. The molecule has 0 amide bonds. The first-order valence-corrected chi connectivity index (χ1v) is 8.44. The molecule has 2 aromatic rings. The SMILES string of the molecule is CN=C(NCc1cccc(OC)c1)NCc1ccc(OC)c(C(=O)OC)c1. The Bertz CT molecular complexity index is 806. The molecule has 144 valence electrons. The van der Waals surface area contributed by atoms with Crippen LogP contribution in [0.1, 0.15) is 21.5 Å². The number of carbonyl (C=O) groups excluding carboxylic acids is 1. The number of nitrogens with one attached hydrogen (secondary N) is 2. The van der Waals surface area contributed by atoms with Crippen molar-refractivity contribution < 1.29 is 19.0 Å². The maximum absolute atomic E-state index is 11.9. The van der Waals surface area contributed by atoms with Gasteiger partial charge in [-0.25, -0.2) is 4.79 Å². The Balaban J connectivity index is 1.98. The average Bonchev–Trinajstić information content (AvgIpc) is 2.73. The molecule has 0 aliphatic carbocycles. The molecule has 0 heterocycles. The van der Waals surface area contributed by atoms with Gasteiger partial charge in [-0.05, 0) is 35.4 Å². The third-order valence-corrected chi connectivity index (χ3v) is 3.95. The van der Waals surface area contributed by atoms with E-state index < -0.39 is 5.97 Å². The molecule has 0 saturated carbocycles. The van der Waals surface area contributed by atoms with Crippen LogP contribution in [0.4, 0.5) is 0 Å². The third-order valence-electron chi connectivity index (χ3n) is 3.95. The van der Waals surface area contributed by atoms with E-state index in [2.05, 4.69) is 15.6 Å². The van der Waals surface area contributed by atoms with E-state index in [1.54, 1.807) is 26.3 Å². The number of aliphatic imine (C=N–C) groups is 1. The number of carbonyl (C=O) groups is 1. The zero-order valence-corrected chi connectivity index (χ0v) is 16.0. The normalized spacial score (nSPS) is 10.9. The lowest BCUT2D eigenvalue weighted by molar-refractivity contribution is 0.0597. The van der Waals surface area contributed by atoms with Gasteiger partial charge in [-0.1, -0.05) is 18.2 Å². The Morgan fingerprint density at radius 2 is 1.67 bits per heavy atom. The number of benzene rings is 2. The number of hydrogen-bond donors (Lipinski definition) is 2. The molecule has 7 heteroatoms. The van der Waals surface area contributed by atoms with Gasteiger partial charge in [-0.2, -0.15) is 0 Å². The molecule has 0 bridgehead atoms. The zero-order chi connectivity index (χ0) is 19.6. The molecule has 7 nitrogen and oxygen atoms in total. The van der Waals surface area contributed by atoms with Crippen LogP contribution in [0.25, 0.3) is 0 Å². The first kappa shape index (κ1) is 20.1. The van der Waals surface area contributed by atoms with Crippen molar-refractivity contribution in [1.29, 1.82) is 0 Å². The van der Waals surface area contributed by atoms with Crippen molar-refractivity contribution in [3.63, 3.8) is 0 Å². The van der Waals surface area contributed by atoms with Gasteiger partial charge in [0.2, 0.25) is 0 Å². The van der Waals surface area contributed by atoms with Gasteiger partial charge in [-0.15, -0.1) is 0 Å². The molecular formula is C20H25N3O4. The van der Waals surface area contributed by atoms with E-state index in [-0.39, 0.29) is 0 Å². The summed E-state index contributed by atoms with van der Waals surface area (Å²) in [5.41, 5.74) is 2.37. The van der Waals surface area contributed by atoms with Crippen LogP contribution in [0.2, 0.25) is 0 Å². The first-order valence-electron chi connectivity index (χ1n) is 8.44. The fourth-order valence-electron chi connectivity index (χ4n) is 2.51. The third kappa shape index (κ3) is 5.64. The van der Waals surface area contributed by atoms with Crippen LogP contribution in [-0.4, -0.2) is 40.3 Å². The lowest BCUT2D eigenvalue weighted by Crippen LogP contribution is -2.36. The number of guanidine groups is 1. The number of nitrogens with zero attached hydrogens (tertiary/aromatic N) is 1. The second-order valence-electron chi connectivity index (χ2n) is 5.66. The molecule has 0 aliphatic heterocycles. The summed E-state index contributed by atoms with van der Waals surface area (Å²) in [5, 5.41) is 6.47. The highest BCUT2D eigenvalue weighted by Crippen LogP contribution is 2.20. The number of rotatable bonds is 7. The molecule has 0 unspecified atom stereocenters. The number of methoxy groups -OCH3 is 3. The zero-order valence-electron chi connectivity index (χ0n) is 16.0. The van der Waals surface area contributed by atoms with Crippen molar-refractivity contribution in [3.8, 4) is 11.5 Å². The summed E-state index contributed by atoms with van der Waals surface area (Å²) in [4.78, 5) is 16.1. The molecule has 0 aliphatic rings. The summed E-state index contributed by atoms with van der Waals surface area (Å²) in [5.74, 6) is 1.50. The Labute approximate surface area is 159 Å². The Morgan fingerprint density at radius 1 is 0.963 bits per heavy atom. The average molecular weight is 371 g/mol. The summed E-state index contributed by atoms with van der Waals surface area (Å²) >= 11 is 0. The van der Waals surface area contributed by atoms with Crippen molar-refractivity contribution >= 4 is 11.9 Å². The molecule has 2 aromatic carbocycles. The van der Waals surface area contributed by atoms with Gasteiger partial charge >= 0.3 is 5.97 Å². The minimum atomic E-state index is -0.436. The van der Waals surface area contributed by atoms with Crippen molar-refractivity contribution in [2.75, 3.05) is 28.4 Å². The summed E-state index contributed by atoms with van der Waals surface area (Å²) in [7, 11) is 6.21. The van der Waals surface area contributed by atoms with Crippen LogP contribution >= 0.6 is 0 Å². The van der Waals surface area contributed by atoms with Gasteiger partial charge in [0.25, 0.3) is 0 Å². The lowest BCUT2D eigenvalue weighted by Gasteiger charge is -2.14. The predicted molar refractivity (Wildman–Crippen MR) is 104 cm³/mol. The van der Waals surface area contributed by atoms with Crippen molar-refractivity contribution in [3.05, 3.63) is 59.2 Å². The summed E-state index contributed by atoms with van der Waals surface area (Å²) in [6.45, 7) is 1.10. The monoisotopic (exact) mass is 371 g/mol. The first-order chi connectivity index (χ1) is 13.1. The highest BCUT2D eigenvalue weighted by molar-refractivity contribution is 5.92. The molecule has 0 radical (unpaired) electrons. The van der Waals surface area contributed by atoms with Gasteiger partial charge in [0.15, 0.2) is 5.96 Å². The Hall–Kier alpha value is -3.22. The number of hydrogen-bond acceptors (Lipinski definition) is 5. The Morgan fingerprint density at radius 3 is 2.26 bits per heavy atom. The van der Waals surface area contributed by atoms with Crippen molar-refractivity contribution in [1.82, 2.24) is 10.6 Å². The lowest BCUT2D eigenvalue weighted by atomic mass is 10.1. The van der Waals surface area contributed by atoms with Gasteiger partial charge < -0.3 is 24.8 Å². The quantitative estimate of drug-likeness (QED) is 0.442. The highest BCUT2D eigenvalue weighted by atomic mass is 16.5. The summed E-state index contributed by atoms with van der Waals surface area (Å²) in [6.07, 6.45) is 0. The van der Waals surface area contributed by atoms with E-state index in [0.29, 0.717) is 30.4 Å². The second-order valence-corrected chi connectivity index (χ2v) is 5.66. The second kappa shape index (κ2) is 10.1.